The first-order chi connectivity index (χ1) is 9.81. The standard InChI is InChI=1S/C15H20N4O/c16-7-11-19(14-5-2-1-3-6-14)15(20)13-18-10-4-8-17-9-12-18/h1-3,5-6,17H,4,8-13H2. The lowest BCUT2D eigenvalue weighted by Gasteiger charge is -2.24. The fourth-order valence-electron chi connectivity index (χ4n) is 2.34. The molecule has 1 heterocycles. The third kappa shape index (κ3) is 4.05. The van der Waals surface area contributed by atoms with E-state index < -0.39 is 0 Å². The number of carbonyl (C=O) groups is 1. The molecule has 1 aliphatic heterocycles. The highest BCUT2D eigenvalue weighted by atomic mass is 16.2. The minimum Gasteiger partial charge on any atom is -0.315 e. The third-order valence-corrected chi connectivity index (χ3v) is 3.39. The van der Waals surface area contributed by atoms with E-state index in [9.17, 15) is 4.79 Å². The summed E-state index contributed by atoms with van der Waals surface area (Å²) in [4.78, 5) is 16.1. The maximum Gasteiger partial charge on any atom is 0.242 e. The first kappa shape index (κ1) is 14.5. The van der Waals surface area contributed by atoms with Gasteiger partial charge in [-0.3, -0.25) is 14.6 Å². The first-order valence-corrected chi connectivity index (χ1v) is 6.96. The number of rotatable bonds is 4. The zero-order valence-electron chi connectivity index (χ0n) is 11.6. The van der Waals surface area contributed by atoms with Crippen LogP contribution < -0.4 is 10.2 Å². The number of anilines is 1. The molecule has 1 amide bonds. The fraction of sp³-hybridized carbons (Fsp3) is 0.467. The Labute approximate surface area is 119 Å². The van der Waals surface area contributed by atoms with Gasteiger partial charge in [0, 0.05) is 18.8 Å². The molecule has 1 fully saturated rings. The Morgan fingerprint density at radius 2 is 2.10 bits per heavy atom. The summed E-state index contributed by atoms with van der Waals surface area (Å²) in [6, 6.07) is 11.4. The van der Waals surface area contributed by atoms with Crippen molar-refractivity contribution < 1.29 is 4.79 Å². The van der Waals surface area contributed by atoms with Gasteiger partial charge in [-0.05, 0) is 31.6 Å². The van der Waals surface area contributed by atoms with E-state index in [2.05, 4.69) is 16.3 Å². The third-order valence-electron chi connectivity index (χ3n) is 3.39. The Balaban J connectivity index is 2.02. The van der Waals surface area contributed by atoms with Crippen LogP contribution in [0.25, 0.3) is 0 Å². The van der Waals surface area contributed by atoms with Gasteiger partial charge in [-0.2, -0.15) is 5.26 Å². The number of para-hydroxylation sites is 1. The molecule has 0 radical (unpaired) electrons. The summed E-state index contributed by atoms with van der Waals surface area (Å²) in [6.07, 6.45) is 1.05. The molecule has 1 aromatic carbocycles. The van der Waals surface area contributed by atoms with Crippen molar-refractivity contribution in [3.8, 4) is 6.07 Å². The predicted octanol–water partition coefficient (Wildman–Crippen LogP) is 0.838. The summed E-state index contributed by atoms with van der Waals surface area (Å²) in [5.74, 6) is -0.0142. The van der Waals surface area contributed by atoms with Crippen molar-refractivity contribution in [1.29, 1.82) is 5.26 Å². The van der Waals surface area contributed by atoms with Gasteiger partial charge in [-0.1, -0.05) is 18.2 Å². The van der Waals surface area contributed by atoms with Crippen LogP contribution in [0.1, 0.15) is 6.42 Å². The molecule has 0 atom stereocenters. The zero-order valence-corrected chi connectivity index (χ0v) is 11.6. The first-order valence-electron chi connectivity index (χ1n) is 6.96. The number of carbonyl (C=O) groups excluding carboxylic acids is 1. The van der Waals surface area contributed by atoms with Crippen LogP contribution in [0.5, 0.6) is 0 Å². The molecule has 0 aromatic heterocycles. The molecule has 0 unspecified atom stereocenters. The maximum atomic E-state index is 12.4. The molecule has 0 bridgehead atoms. The highest BCUT2D eigenvalue weighted by Crippen LogP contribution is 2.13. The van der Waals surface area contributed by atoms with Crippen LogP contribution >= 0.6 is 0 Å². The summed E-state index contributed by atoms with van der Waals surface area (Å²) < 4.78 is 0. The number of hydrogen-bond acceptors (Lipinski definition) is 4. The van der Waals surface area contributed by atoms with Crippen molar-refractivity contribution in [2.24, 2.45) is 0 Å². The number of amides is 1. The van der Waals surface area contributed by atoms with E-state index >= 15 is 0 Å². The van der Waals surface area contributed by atoms with Crippen molar-refractivity contribution in [3.05, 3.63) is 30.3 Å². The smallest absolute Gasteiger partial charge is 0.242 e. The normalized spacial score (nSPS) is 16.1. The molecule has 0 aliphatic carbocycles. The second kappa shape index (κ2) is 7.63. The predicted molar refractivity (Wildman–Crippen MR) is 78.3 cm³/mol. The molecule has 20 heavy (non-hydrogen) atoms. The highest BCUT2D eigenvalue weighted by Gasteiger charge is 2.19. The van der Waals surface area contributed by atoms with Gasteiger partial charge in [-0.15, -0.1) is 0 Å². The van der Waals surface area contributed by atoms with E-state index in [1.165, 1.54) is 0 Å². The molecule has 0 saturated carbocycles. The molecular formula is C15H20N4O. The number of benzene rings is 1. The molecule has 1 aliphatic rings. The van der Waals surface area contributed by atoms with E-state index in [4.69, 9.17) is 5.26 Å². The van der Waals surface area contributed by atoms with Gasteiger partial charge < -0.3 is 5.32 Å². The molecule has 0 spiro atoms. The second-order valence-electron chi connectivity index (χ2n) is 4.85. The zero-order chi connectivity index (χ0) is 14.2. The van der Waals surface area contributed by atoms with Gasteiger partial charge in [0.2, 0.25) is 5.91 Å². The minimum atomic E-state index is -0.0142. The summed E-state index contributed by atoms with van der Waals surface area (Å²) in [6.45, 7) is 4.18. The molecular weight excluding hydrogens is 252 g/mol. The molecule has 1 saturated heterocycles. The molecule has 106 valence electrons. The van der Waals surface area contributed by atoms with Gasteiger partial charge in [0.15, 0.2) is 0 Å². The average molecular weight is 272 g/mol. The van der Waals surface area contributed by atoms with E-state index in [0.717, 1.165) is 38.3 Å². The Bertz CT molecular complexity index is 461. The van der Waals surface area contributed by atoms with E-state index in [1.54, 1.807) is 4.90 Å². The lowest BCUT2D eigenvalue weighted by Crippen LogP contribution is -2.42. The van der Waals surface area contributed by atoms with E-state index in [-0.39, 0.29) is 12.5 Å². The summed E-state index contributed by atoms with van der Waals surface area (Å²) >= 11 is 0. The van der Waals surface area contributed by atoms with E-state index in [0.29, 0.717) is 6.54 Å². The molecule has 1 aromatic rings. The molecule has 5 heteroatoms. The molecule has 5 nitrogen and oxygen atoms in total. The number of nitrogens with one attached hydrogen (secondary N) is 1. The van der Waals surface area contributed by atoms with Crippen LogP contribution in [-0.4, -0.2) is 50.1 Å². The van der Waals surface area contributed by atoms with Crippen molar-refractivity contribution >= 4 is 11.6 Å². The van der Waals surface area contributed by atoms with Crippen molar-refractivity contribution in [2.45, 2.75) is 6.42 Å². The lowest BCUT2D eigenvalue weighted by atomic mass is 10.2. The average Bonchev–Trinajstić information content (AvgIpc) is 2.74. The Kier molecular flexibility index (Phi) is 5.54. The van der Waals surface area contributed by atoms with Crippen LogP contribution in [0.15, 0.2) is 30.3 Å². The topological polar surface area (TPSA) is 59.4 Å². The number of hydrogen-bond donors (Lipinski definition) is 1. The molecule has 2 rings (SSSR count). The van der Waals surface area contributed by atoms with Gasteiger partial charge >= 0.3 is 0 Å². The van der Waals surface area contributed by atoms with Crippen molar-refractivity contribution in [1.82, 2.24) is 10.2 Å². The van der Waals surface area contributed by atoms with Crippen LogP contribution in [0.4, 0.5) is 5.69 Å². The molecule has 1 N–H and O–H groups in total. The van der Waals surface area contributed by atoms with Crippen LogP contribution in [0.2, 0.25) is 0 Å². The summed E-state index contributed by atoms with van der Waals surface area (Å²) in [5, 5.41) is 12.2. The van der Waals surface area contributed by atoms with Gasteiger partial charge in [0.1, 0.15) is 6.54 Å². The van der Waals surface area contributed by atoms with E-state index in [1.807, 2.05) is 30.3 Å². The van der Waals surface area contributed by atoms with Crippen molar-refractivity contribution in [3.63, 3.8) is 0 Å². The quantitative estimate of drug-likeness (QED) is 0.825. The van der Waals surface area contributed by atoms with Crippen LogP contribution in [-0.2, 0) is 4.79 Å². The lowest BCUT2D eigenvalue weighted by molar-refractivity contribution is -0.119. The SMILES string of the molecule is N#CCN(C(=O)CN1CCCNCC1)c1ccccc1. The Morgan fingerprint density at radius 1 is 1.30 bits per heavy atom. The Hall–Kier alpha value is -1.90. The number of nitrogens with zero attached hydrogens (tertiary/aromatic N) is 3. The van der Waals surface area contributed by atoms with Crippen LogP contribution in [0.3, 0.4) is 0 Å². The minimum absolute atomic E-state index is 0.0142. The van der Waals surface area contributed by atoms with Gasteiger partial charge in [0.05, 0.1) is 12.6 Å². The van der Waals surface area contributed by atoms with Crippen molar-refractivity contribution in [2.75, 3.05) is 44.2 Å². The van der Waals surface area contributed by atoms with Gasteiger partial charge in [-0.25, -0.2) is 0 Å². The van der Waals surface area contributed by atoms with Gasteiger partial charge in [0.25, 0.3) is 0 Å². The monoisotopic (exact) mass is 272 g/mol. The number of nitriles is 1. The summed E-state index contributed by atoms with van der Waals surface area (Å²) in [7, 11) is 0. The fourth-order valence-corrected chi connectivity index (χ4v) is 2.34. The van der Waals surface area contributed by atoms with Crippen LogP contribution in [0, 0.1) is 11.3 Å². The summed E-state index contributed by atoms with van der Waals surface area (Å²) in [5.41, 5.74) is 0.784. The second-order valence-corrected chi connectivity index (χ2v) is 4.85. The largest absolute Gasteiger partial charge is 0.315 e. The Morgan fingerprint density at radius 3 is 2.85 bits per heavy atom. The highest BCUT2D eigenvalue weighted by molar-refractivity contribution is 5.95. The maximum absolute atomic E-state index is 12.4.